The van der Waals surface area contributed by atoms with E-state index in [1.165, 1.54) is 7.11 Å². The Hall–Kier alpha value is -1.84. The summed E-state index contributed by atoms with van der Waals surface area (Å²) in [5.74, 6) is -0.376. The molecule has 0 aliphatic carbocycles. The fourth-order valence-corrected chi connectivity index (χ4v) is 1.57. The highest BCUT2D eigenvalue weighted by molar-refractivity contribution is 6.13. The third kappa shape index (κ3) is 2.70. The van der Waals surface area contributed by atoms with Gasteiger partial charge in [0, 0.05) is 0 Å². The van der Waals surface area contributed by atoms with Gasteiger partial charge in [-0.3, -0.25) is 9.59 Å². The van der Waals surface area contributed by atoms with Gasteiger partial charge in [0.15, 0.2) is 5.78 Å². The van der Waals surface area contributed by atoms with Crippen molar-refractivity contribution in [1.82, 2.24) is 0 Å². The van der Waals surface area contributed by atoms with Gasteiger partial charge in [0.25, 0.3) is 0 Å². The number of hydrogen-bond donors (Lipinski definition) is 0. The van der Waals surface area contributed by atoms with Crippen LogP contribution in [0, 0.1) is 5.41 Å². The van der Waals surface area contributed by atoms with Crippen molar-refractivity contribution in [1.29, 1.82) is 0 Å². The normalized spacial score (nSPS) is 10.9. The van der Waals surface area contributed by atoms with Crippen LogP contribution in [0.15, 0.2) is 24.3 Å². The zero-order chi connectivity index (χ0) is 13.8. The number of carbonyl (C=O) groups excluding carboxylic acids is 2. The Morgan fingerprint density at radius 3 is 2.39 bits per heavy atom. The molecule has 18 heavy (non-hydrogen) atoms. The summed E-state index contributed by atoms with van der Waals surface area (Å²) in [6, 6.07) is 6.83. The molecule has 0 unspecified atom stereocenters. The van der Waals surface area contributed by atoms with Crippen LogP contribution in [0.3, 0.4) is 0 Å². The zero-order valence-corrected chi connectivity index (χ0v) is 11.1. The number of rotatable bonds is 5. The minimum atomic E-state index is -1.22. The Balaban J connectivity index is 3.09. The van der Waals surface area contributed by atoms with Gasteiger partial charge < -0.3 is 9.47 Å². The molecule has 0 heterocycles. The molecular formula is C14H18O4. The molecule has 0 spiro atoms. The van der Waals surface area contributed by atoms with Crippen molar-refractivity contribution in [2.75, 3.05) is 13.7 Å². The molecule has 0 radical (unpaired) electrons. The van der Waals surface area contributed by atoms with Crippen molar-refractivity contribution in [3.8, 4) is 5.75 Å². The molecule has 0 aromatic heterocycles. The topological polar surface area (TPSA) is 52.6 Å². The first kappa shape index (κ1) is 14.2. The first-order valence-electron chi connectivity index (χ1n) is 5.80. The Morgan fingerprint density at radius 1 is 1.22 bits per heavy atom. The average Bonchev–Trinajstić information content (AvgIpc) is 2.38. The molecular weight excluding hydrogens is 232 g/mol. The van der Waals surface area contributed by atoms with Gasteiger partial charge in [-0.1, -0.05) is 12.1 Å². The van der Waals surface area contributed by atoms with Crippen LogP contribution in [0.4, 0.5) is 0 Å². The van der Waals surface area contributed by atoms with E-state index in [4.69, 9.17) is 9.47 Å². The maximum Gasteiger partial charge on any atom is 0.319 e. The Morgan fingerprint density at radius 2 is 1.83 bits per heavy atom. The van der Waals surface area contributed by atoms with E-state index in [1.54, 1.807) is 45.0 Å². The second-order valence-corrected chi connectivity index (χ2v) is 4.37. The molecule has 0 fully saturated rings. The van der Waals surface area contributed by atoms with E-state index in [0.717, 1.165) is 0 Å². The standard InChI is InChI=1S/C14H18O4/c1-5-18-13(16)14(2,3)12(15)10-8-6-7-9-11(10)17-4/h6-9H,5H2,1-4H3. The van der Waals surface area contributed by atoms with E-state index in [2.05, 4.69) is 0 Å². The summed E-state index contributed by atoms with van der Waals surface area (Å²) in [6.45, 7) is 5.07. The van der Waals surface area contributed by atoms with E-state index in [-0.39, 0.29) is 12.4 Å². The SMILES string of the molecule is CCOC(=O)C(C)(C)C(=O)c1ccccc1OC. The van der Waals surface area contributed by atoms with Crippen LogP contribution < -0.4 is 4.74 Å². The third-order valence-electron chi connectivity index (χ3n) is 2.70. The molecule has 0 aliphatic rings. The predicted molar refractivity (Wildman–Crippen MR) is 67.7 cm³/mol. The molecule has 4 heteroatoms. The van der Waals surface area contributed by atoms with Gasteiger partial charge in [-0.25, -0.2) is 0 Å². The van der Waals surface area contributed by atoms with E-state index in [1.807, 2.05) is 0 Å². The zero-order valence-electron chi connectivity index (χ0n) is 11.1. The minimum Gasteiger partial charge on any atom is -0.496 e. The summed E-state index contributed by atoms with van der Waals surface area (Å²) in [5.41, 5.74) is -0.831. The van der Waals surface area contributed by atoms with E-state index < -0.39 is 11.4 Å². The van der Waals surface area contributed by atoms with Gasteiger partial charge in [0.1, 0.15) is 11.2 Å². The number of methoxy groups -OCH3 is 1. The number of benzene rings is 1. The maximum atomic E-state index is 12.4. The van der Waals surface area contributed by atoms with Crippen molar-refractivity contribution in [2.45, 2.75) is 20.8 Å². The molecule has 0 N–H and O–H groups in total. The molecule has 0 atom stereocenters. The van der Waals surface area contributed by atoms with E-state index in [0.29, 0.717) is 11.3 Å². The highest BCUT2D eigenvalue weighted by atomic mass is 16.5. The Bertz CT molecular complexity index is 449. The van der Waals surface area contributed by atoms with E-state index in [9.17, 15) is 9.59 Å². The van der Waals surface area contributed by atoms with Crippen LogP contribution in [0.2, 0.25) is 0 Å². The lowest BCUT2D eigenvalue weighted by Gasteiger charge is -2.21. The second kappa shape index (κ2) is 5.67. The number of para-hydroxylation sites is 1. The Kier molecular flexibility index (Phi) is 4.48. The van der Waals surface area contributed by atoms with Crippen LogP contribution in [0.5, 0.6) is 5.75 Å². The average molecular weight is 250 g/mol. The maximum absolute atomic E-state index is 12.4. The highest BCUT2D eigenvalue weighted by Gasteiger charge is 2.39. The van der Waals surface area contributed by atoms with Crippen molar-refractivity contribution >= 4 is 11.8 Å². The van der Waals surface area contributed by atoms with Gasteiger partial charge >= 0.3 is 5.97 Å². The molecule has 1 aromatic rings. The third-order valence-corrected chi connectivity index (χ3v) is 2.70. The highest BCUT2D eigenvalue weighted by Crippen LogP contribution is 2.28. The van der Waals surface area contributed by atoms with Crippen molar-refractivity contribution in [3.63, 3.8) is 0 Å². The lowest BCUT2D eigenvalue weighted by atomic mass is 9.84. The van der Waals surface area contributed by atoms with Crippen LogP contribution >= 0.6 is 0 Å². The fraction of sp³-hybridized carbons (Fsp3) is 0.429. The minimum absolute atomic E-state index is 0.251. The first-order valence-corrected chi connectivity index (χ1v) is 5.80. The smallest absolute Gasteiger partial charge is 0.319 e. The van der Waals surface area contributed by atoms with Crippen LogP contribution in [-0.2, 0) is 9.53 Å². The number of Topliss-reactive ketones (excluding diaryl/α,β-unsaturated/α-hetero) is 1. The molecule has 1 aromatic carbocycles. The van der Waals surface area contributed by atoms with Crippen molar-refractivity contribution in [3.05, 3.63) is 29.8 Å². The van der Waals surface area contributed by atoms with Gasteiger partial charge in [-0.05, 0) is 32.9 Å². The number of carbonyl (C=O) groups is 2. The molecule has 1 rings (SSSR count). The monoisotopic (exact) mass is 250 g/mol. The quantitative estimate of drug-likeness (QED) is 0.457. The van der Waals surface area contributed by atoms with E-state index >= 15 is 0 Å². The molecule has 0 amide bonds. The molecule has 98 valence electrons. The molecule has 4 nitrogen and oxygen atoms in total. The summed E-state index contributed by atoms with van der Waals surface area (Å²) in [6.07, 6.45) is 0. The summed E-state index contributed by atoms with van der Waals surface area (Å²) in [5, 5.41) is 0. The van der Waals surface area contributed by atoms with Crippen LogP contribution in [0.25, 0.3) is 0 Å². The molecule has 0 saturated heterocycles. The number of ether oxygens (including phenoxy) is 2. The largest absolute Gasteiger partial charge is 0.496 e. The summed E-state index contributed by atoms with van der Waals surface area (Å²) in [7, 11) is 1.49. The van der Waals surface area contributed by atoms with Gasteiger partial charge in [0.05, 0.1) is 19.3 Å². The Labute approximate surface area is 107 Å². The van der Waals surface area contributed by atoms with Gasteiger partial charge in [-0.15, -0.1) is 0 Å². The lowest BCUT2D eigenvalue weighted by molar-refractivity contribution is -0.150. The van der Waals surface area contributed by atoms with Crippen molar-refractivity contribution < 1.29 is 19.1 Å². The van der Waals surface area contributed by atoms with Gasteiger partial charge in [-0.2, -0.15) is 0 Å². The van der Waals surface area contributed by atoms with Gasteiger partial charge in [0.2, 0.25) is 0 Å². The predicted octanol–water partition coefficient (Wildman–Crippen LogP) is 2.47. The fourth-order valence-electron chi connectivity index (χ4n) is 1.57. The lowest BCUT2D eigenvalue weighted by Crippen LogP contribution is -2.35. The number of esters is 1. The van der Waals surface area contributed by atoms with Crippen LogP contribution in [-0.4, -0.2) is 25.5 Å². The molecule has 0 aliphatic heterocycles. The number of ketones is 1. The van der Waals surface area contributed by atoms with Crippen LogP contribution in [0.1, 0.15) is 31.1 Å². The second-order valence-electron chi connectivity index (χ2n) is 4.37. The number of hydrogen-bond acceptors (Lipinski definition) is 4. The summed E-state index contributed by atoms with van der Waals surface area (Å²) >= 11 is 0. The summed E-state index contributed by atoms with van der Waals surface area (Å²) < 4.78 is 10.1. The van der Waals surface area contributed by atoms with Crippen molar-refractivity contribution in [2.24, 2.45) is 5.41 Å². The first-order chi connectivity index (χ1) is 8.45. The molecule has 0 bridgehead atoms. The molecule has 0 saturated carbocycles. The summed E-state index contributed by atoms with van der Waals surface area (Å²) in [4.78, 5) is 24.2.